The predicted octanol–water partition coefficient (Wildman–Crippen LogP) is 1.77. The van der Waals surface area contributed by atoms with Gasteiger partial charge in [0.25, 0.3) is 10.0 Å². The summed E-state index contributed by atoms with van der Waals surface area (Å²) in [6.07, 6.45) is 2.88. The fraction of sp³-hybridized carbons (Fsp3) is 0.385. The summed E-state index contributed by atoms with van der Waals surface area (Å²) in [4.78, 5) is 0. The molecule has 3 heterocycles. The van der Waals surface area contributed by atoms with E-state index in [9.17, 15) is 8.42 Å². The second-order valence-electron chi connectivity index (χ2n) is 4.72. The number of ether oxygens (including phenoxy) is 1. The second-order valence-corrected chi connectivity index (χ2v) is 7.83. The molecule has 0 radical (unpaired) electrons. The zero-order chi connectivity index (χ0) is 14.7. The van der Waals surface area contributed by atoms with Crippen molar-refractivity contribution >= 4 is 21.4 Å². The molecular formula is C13H15N3O3S2. The van der Waals surface area contributed by atoms with Crippen LogP contribution in [0.1, 0.15) is 12.8 Å². The highest BCUT2D eigenvalue weighted by molar-refractivity contribution is 7.91. The summed E-state index contributed by atoms with van der Waals surface area (Å²) in [6, 6.07) is 6.91. The fourth-order valence-electron chi connectivity index (χ4n) is 2.25. The summed E-state index contributed by atoms with van der Waals surface area (Å²) >= 11 is 1.25. The highest BCUT2D eigenvalue weighted by Gasteiger charge is 2.30. The lowest BCUT2D eigenvalue weighted by Gasteiger charge is -2.30. The minimum absolute atomic E-state index is 0.0171. The van der Waals surface area contributed by atoms with E-state index >= 15 is 0 Å². The number of thiophene rings is 1. The van der Waals surface area contributed by atoms with Crippen molar-refractivity contribution in [3.8, 4) is 5.88 Å². The molecule has 0 N–H and O–H groups in total. The van der Waals surface area contributed by atoms with Gasteiger partial charge >= 0.3 is 0 Å². The van der Waals surface area contributed by atoms with Crippen LogP contribution in [0.3, 0.4) is 0 Å². The third-order valence-electron chi connectivity index (χ3n) is 3.33. The highest BCUT2D eigenvalue weighted by atomic mass is 32.2. The normalized spacial score (nSPS) is 17.7. The molecule has 1 saturated heterocycles. The van der Waals surface area contributed by atoms with Gasteiger partial charge in [-0.05, 0) is 30.4 Å². The van der Waals surface area contributed by atoms with Crippen LogP contribution in [-0.4, -0.2) is 42.1 Å². The Hall–Kier alpha value is -1.51. The first-order chi connectivity index (χ1) is 10.2. The van der Waals surface area contributed by atoms with Crippen LogP contribution in [0.5, 0.6) is 5.88 Å². The van der Waals surface area contributed by atoms with Gasteiger partial charge in [-0.2, -0.15) is 9.40 Å². The largest absolute Gasteiger partial charge is 0.473 e. The van der Waals surface area contributed by atoms with Gasteiger partial charge in [0.1, 0.15) is 10.3 Å². The molecule has 1 fully saturated rings. The van der Waals surface area contributed by atoms with E-state index in [1.165, 1.54) is 15.6 Å². The number of nitrogens with zero attached hydrogens (tertiary/aromatic N) is 3. The Balaban J connectivity index is 1.61. The van der Waals surface area contributed by atoms with Crippen LogP contribution in [0.15, 0.2) is 40.1 Å². The van der Waals surface area contributed by atoms with Crippen LogP contribution in [-0.2, 0) is 10.0 Å². The van der Waals surface area contributed by atoms with Crippen molar-refractivity contribution in [3.05, 3.63) is 35.8 Å². The smallest absolute Gasteiger partial charge is 0.252 e. The van der Waals surface area contributed by atoms with Crippen molar-refractivity contribution in [1.29, 1.82) is 0 Å². The quantitative estimate of drug-likeness (QED) is 0.856. The van der Waals surface area contributed by atoms with Gasteiger partial charge in [-0.1, -0.05) is 6.07 Å². The summed E-state index contributed by atoms with van der Waals surface area (Å²) in [7, 11) is -3.35. The topological polar surface area (TPSA) is 72.4 Å². The van der Waals surface area contributed by atoms with Gasteiger partial charge in [0.15, 0.2) is 0 Å². The van der Waals surface area contributed by atoms with Crippen LogP contribution in [0, 0.1) is 0 Å². The third kappa shape index (κ3) is 3.22. The van der Waals surface area contributed by atoms with Crippen LogP contribution in [0.25, 0.3) is 0 Å². The molecule has 0 unspecified atom stereocenters. The average Bonchev–Trinajstić information content (AvgIpc) is 3.04. The molecule has 112 valence electrons. The number of aromatic nitrogens is 2. The first-order valence-electron chi connectivity index (χ1n) is 6.64. The van der Waals surface area contributed by atoms with Crippen molar-refractivity contribution in [3.63, 3.8) is 0 Å². The maximum Gasteiger partial charge on any atom is 0.252 e. The van der Waals surface area contributed by atoms with E-state index in [2.05, 4.69) is 10.2 Å². The Morgan fingerprint density at radius 2 is 2.05 bits per heavy atom. The van der Waals surface area contributed by atoms with Gasteiger partial charge in [-0.25, -0.2) is 8.42 Å². The molecule has 0 bridgehead atoms. The number of rotatable bonds is 4. The molecule has 6 nitrogen and oxygen atoms in total. The summed E-state index contributed by atoms with van der Waals surface area (Å²) in [5.74, 6) is 0.483. The fourth-order valence-corrected chi connectivity index (χ4v) is 4.86. The summed E-state index contributed by atoms with van der Waals surface area (Å²) < 4.78 is 32.4. The summed E-state index contributed by atoms with van der Waals surface area (Å²) in [5, 5.41) is 9.41. The number of hydrogen-bond donors (Lipinski definition) is 0. The molecule has 3 rings (SSSR count). The van der Waals surface area contributed by atoms with E-state index in [1.807, 2.05) is 0 Å². The summed E-state index contributed by atoms with van der Waals surface area (Å²) in [6.45, 7) is 0.927. The van der Waals surface area contributed by atoms with Gasteiger partial charge in [-0.3, -0.25) is 0 Å². The first kappa shape index (κ1) is 14.4. The van der Waals surface area contributed by atoms with Crippen LogP contribution in [0.2, 0.25) is 0 Å². The van der Waals surface area contributed by atoms with E-state index in [1.54, 1.807) is 35.8 Å². The molecule has 0 saturated carbocycles. The number of hydrogen-bond acceptors (Lipinski definition) is 6. The lowest BCUT2D eigenvalue weighted by atomic mass is 10.1. The molecule has 0 amide bonds. The zero-order valence-corrected chi connectivity index (χ0v) is 12.9. The van der Waals surface area contributed by atoms with Gasteiger partial charge in [-0.15, -0.1) is 16.4 Å². The minimum atomic E-state index is -3.35. The molecule has 21 heavy (non-hydrogen) atoms. The molecular weight excluding hydrogens is 310 g/mol. The SMILES string of the molecule is O=S(=O)(c1cccs1)N1CCC(Oc2cccnn2)CC1. The van der Waals surface area contributed by atoms with Gasteiger partial charge in [0.2, 0.25) is 5.88 Å². The Morgan fingerprint density at radius 1 is 1.24 bits per heavy atom. The van der Waals surface area contributed by atoms with Crippen LogP contribution < -0.4 is 4.74 Å². The van der Waals surface area contributed by atoms with E-state index in [0.29, 0.717) is 36.0 Å². The zero-order valence-electron chi connectivity index (χ0n) is 11.3. The Kier molecular flexibility index (Phi) is 4.18. The van der Waals surface area contributed by atoms with Crippen molar-refractivity contribution in [2.45, 2.75) is 23.2 Å². The third-order valence-corrected chi connectivity index (χ3v) is 6.60. The molecule has 2 aromatic rings. The molecule has 0 aliphatic carbocycles. The molecule has 0 spiro atoms. The van der Waals surface area contributed by atoms with Gasteiger partial charge in [0.05, 0.1) is 0 Å². The Labute approximate surface area is 127 Å². The van der Waals surface area contributed by atoms with Gasteiger partial charge < -0.3 is 4.74 Å². The molecule has 0 aromatic carbocycles. The monoisotopic (exact) mass is 325 g/mol. The van der Waals surface area contributed by atoms with E-state index < -0.39 is 10.0 Å². The highest BCUT2D eigenvalue weighted by Crippen LogP contribution is 2.25. The lowest BCUT2D eigenvalue weighted by Crippen LogP contribution is -2.41. The average molecular weight is 325 g/mol. The Morgan fingerprint density at radius 3 is 2.67 bits per heavy atom. The number of sulfonamides is 1. The van der Waals surface area contributed by atoms with Crippen molar-refractivity contribution in [2.75, 3.05) is 13.1 Å². The molecule has 8 heteroatoms. The van der Waals surface area contributed by atoms with Crippen LogP contribution in [0.4, 0.5) is 0 Å². The molecule has 1 aliphatic heterocycles. The molecule has 2 aromatic heterocycles. The molecule has 1 aliphatic rings. The maximum atomic E-state index is 12.4. The van der Waals surface area contributed by atoms with E-state index in [0.717, 1.165) is 0 Å². The van der Waals surface area contributed by atoms with E-state index in [-0.39, 0.29) is 6.10 Å². The maximum absolute atomic E-state index is 12.4. The number of piperidine rings is 1. The summed E-state index contributed by atoms with van der Waals surface area (Å²) in [5.41, 5.74) is 0. The van der Waals surface area contributed by atoms with Crippen LogP contribution >= 0.6 is 11.3 Å². The lowest BCUT2D eigenvalue weighted by molar-refractivity contribution is 0.128. The Bertz CT molecular complexity index is 666. The first-order valence-corrected chi connectivity index (χ1v) is 8.96. The standard InChI is InChI=1S/C13H15N3O3S2/c17-21(18,13-4-2-10-20-13)16-8-5-11(6-9-16)19-12-3-1-7-14-15-12/h1-4,7,10-11H,5-6,8-9H2. The predicted molar refractivity (Wildman–Crippen MR) is 78.8 cm³/mol. The molecule has 0 atom stereocenters. The second kappa shape index (κ2) is 6.08. The van der Waals surface area contributed by atoms with E-state index in [4.69, 9.17) is 4.74 Å². The van der Waals surface area contributed by atoms with Gasteiger partial charge in [0, 0.05) is 25.4 Å². The minimum Gasteiger partial charge on any atom is -0.473 e. The van der Waals surface area contributed by atoms with Crippen molar-refractivity contribution in [1.82, 2.24) is 14.5 Å². The van der Waals surface area contributed by atoms with Crippen molar-refractivity contribution < 1.29 is 13.2 Å². The van der Waals surface area contributed by atoms with Crippen molar-refractivity contribution in [2.24, 2.45) is 0 Å².